The highest BCUT2D eigenvalue weighted by Gasteiger charge is 2.42. The summed E-state index contributed by atoms with van der Waals surface area (Å²) < 4.78 is 5.29. The number of nitrogens with zero attached hydrogens (tertiary/aromatic N) is 1. The number of phenolic OH excluding ortho intramolecular Hbond substituents is 1. The zero-order chi connectivity index (χ0) is 25.8. The van der Waals surface area contributed by atoms with Crippen LogP contribution in [0.15, 0.2) is 24.3 Å². The lowest BCUT2D eigenvalue weighted by Crippen LogP contribution is -2.60. The number of carbonyl (C=O) groups excluding carboxylic acids is 3. The van der Waals surface area contributed by atoms with Crippen LogP contribution in [0.3, 0.4) is 0 Å². The number of benzene rings is 1. The number of carbonyl (C=O) groups is 3. The molecule has 0 saturated carbocycles. The van der Waals surface area contributed by atoms with Crippen molar-refractivity contribution in [2.75, 3.05) is 5.75 Å². The van der Waals surface area contributed by atoms with Crippen molar-refractivity contribution in [1.29, 1.82) is 0 Å². The fraction of sp³-hybridized carbons (Fsp3) is 0.625. The van der Waals surface area contributed by atoms with Gasteiger partial charge >= 0.3 is 6.09 Å². The fourth-order valence-corrected chi connectivity index (χ4v) is 3.45. The Morgan fingerprint density at radius 2 is 1.64 bits per heavy atom. The summed E-state index contributed by atoms with van der Waals surface area (Å²) in [7, 11) is 0. The Hall–Kier alpha value is -2.42. The summed E-state index contributed by atoms with van der Waals surface area (Å²) in [5, 5.41) is 15.6. The average Bonchev–Trinajstić information content (AvgIpc) is 2.59. The van der Waals surface area contributed by atoms with Crippen LogP contribution in [0, 0.1) is 0 Å². The van der Waals surface area contributed by atoms with Gasteiger partial charge in [-0.3, -0.25) is 9.59 Å². The summed E-state index contributed by atoms with van der Waals surface area (Å²) in [6.45, 7) is 16.1. The monoisotopic (exact) mass is 481 g/mol. The van der Waals surface area contributed by atoms with Crippen molar-refractivity contribution < 1.29 is 24.2 Å². The third-order valence-corrected chi connectivity index (χ3v) is 4.69. The molecule has 1 rings (SSSR count). The molecule has 33 heavy (non-hydrogen) atoms. The van der Waals surface area contributed by atoms with Gasteiger partial charge in [0.1, 0.15) is 23.4 Å². The van der Waals surface area contributed by atoms with Crippen molar-refractivity contribution in [3.05, 3.63) is 29.8 Å². The van der Waals surface area contributed by atoms with Crippen LogP contribution in [0.1, 0.15) is 73.9 Å². The molecule has 9 heteroatoms. The molecule has 186 valence electrons. The molecule has 1 aromatic rings. The molecule has 0 fully saturated rings. The third-order valence-electron chi connectivity index (χ3n) is 4.32. The van der Waals surface area contributed by atoms with Crippen LogP contribution in [0.2, 0.25) is 0 Å². The number of amides is 3. The minimum Gasteiger partial charge on any atom is -0.508 e. The first-order chi connectivity index (χ1) is 14.9. The lowest BCUT2D eigenvalue weighted by Gasteiger charge is -2.43. The van der Waals surface area contributed by atoms with Crippen LogP contribution >= 0.6 is 12.6 Å². The smallest absolute Gasteiger partial charge is 0.408 e. The number of aromatic hydroxyl groups is 1. The van der Waals surface area contributed by atoms with Crippen molar-refractivity contribution in [3.63, 3.8) is 0 Å². The van der Waals surface area contributed by atoms with Gasteiger partial charge in [0.15, 0.2) is 0 Å². The topological polar surface area (TPSA) is 108 Å². The largest absolute Gasteiger partial charge is 0.508 e. The summed E-state index contributed by atoms with van der Waals surface area (Å²) in [5.74, 6) is -0.939. The molecule has 0 aromatic heterocycles. The minimum atomic E-state index is -1.06. The van der Waals surface area contributed by atoms with Crippen molar-refractivity contribution >= 4 is 30.5 Å². The lowest BCUT2D eigenvalue weighted by atomic mass is 9.94. The number of phenols is 1. The Morgan fingerprint density at radius 3 is 2.06 bits per heavy atom. The first-order valence-electron chi connectivity index (χ1n) is 10.9. The third kappa shape index (κ3) is 9.15. The number of ether oxygens (including phenoxy) is 1. The number of rotatable bonds is 6. The molecule has 0 saturated heterocycles. The Bertz CT molecular complexity index is 853. The van der Waals surface area contributed by atoms with Gasteiger partial charge in [-0.25, -0.2) is 4.79 Å². The molecule has 0 heterocycles. The second-order valence-electron chi connectivity index (χ2n) is 11.0. The van der Waals surface area contributed by atoms with Gasteiger partial charge in [0.05, 0.1) is 0 Å². The Morgan fingerprint density at radius 1 is 1.06 bits per heavy atom. The molecule has 0 aliphatic rings. The molecule has 0 radical (unpaired) electrons. The van der Waals surface area contributed by atoms with Crippen LogP contribution < -0.4 is 10.6 Å². The minimum absolute atomic E-state index is 0.00168. The Labute approximate surface area is 202 Å². The number of alkyl carbamates (subject to hydrolysis) is 1. The van der Waals surface area contributed by atoms with E-state index in [1.165, 1.54) is 17.0 Å². The predicted molar refractivity (Wildman–Crippen MR) is 132 cm³/mol. The second kappa shape index (κ2) is 10.7. The summed E-state index contributed by atoms with van der Waals surface area (Å²) in [6, 6.07) is 4.14. The highest BCUT2D eigenvalue weighted by molar-refractivity contribution is 7.80. The maximum Gasteiger partial charge on any atom is 0.408 e. The van der Waals surface area contributed by atoms with E-state index in [2.05, 4.69) is 23.3 Å². The lowest BCUT2D eigenvalue weighted by molar-refractivity contribution is -0.148. The normalized spacial score (nSPS) is 14.1. The van der Waals surface area contributed by atoms with E-state index in [9.17, 15) is 19.5 Å². The van der Waals surface area contributed by atoms with Gasteiger partial charge in [-0.15, -0.1) is 0 Å². The van der Waals surface area contributed by atoms with Crippen molar-refractivity contribution in [2.45, 2.75) is 91.1 Å². The van der Waals surface area contributed by atoms with E-state index in [0.29, 0.717) is 5.56 Å². The zero-order valence-corrected chi connectivity index (χ0v) is 22.0. The van der Waals surface area contributed by atoms with E-state index in [0.717, 1.165) is 0 Å². The molecule has 1 aromatic carbocycles. The van der Waals surface area contributed by atoms with E-state index < -0.39 is 46.7 Å². The van der Waals surface area contributed by atoms with Gasteiger partial charge in [-0.05, 0) is 80.0 Å². The van der Waals surface area contributed by atoms with Crippen LogP contribution in [0.25, 0.3) is 0 Å². The molecule has 0 aliphatic carbocycles. The van der Waals surface area contributed by atoms with Gasteiger partial charge in [0.25, 0.3) is 0 Å². The molecular formula is C24H39N3O5S. The van der Waals surface area contributed by atoms with Crippen molar-refractivity contribution in [3.8, 4) is 5.75 Å². The van der Waals surface area contributed by atoms with Crippen LogP contribution in [-0.4, -0.2) is 56.4 Å². The second-order valence-corrected chi connectivity index (χ2v) is 11.4. The standard InChI is InChI=1S/C24H39N3O5S/c1-22(2,3)26-19(29)18(15-11-10-12-16(28)13-15)27(23(4,5)6)20(30)17(14-33)25-21(31)32-24(7,8)9/h10-13,17-18,28,33H,14H2,1-9H3,(H,25,31)(H,26,29). The van der Waals surface area contributed by atoms with Gasteiger partial charge < -0.3 is 25.4 Å². The maximum absolute atomic E-state index is 13.8. The Balaban J connectivity index is 3.50. The number of nitrogens with one attached hydrogen (secondary N) is 2. The number of thiol groups is 1. The molecular weight excluding hydrogens is 442 g/mol. The molecule has 3 N–H and O–H groups in total. The van der Waals surface area contributed by atoms with E-state index in [1.807, 2.05) is 20.8 Å². The Kier molecular flexibility index (Phi) is 9.25. The van der Waals surface area contributed by atoms with Crippen LogP contribution in [-0.2, 0) is 14.3 Å². The predicted octanol–water partition coefficient (Wildman–Crippen LogP) is 3.80. The SMILES string of the molecule is CC(C)(C)NC(=O)C(c1cccc(O)c1)N(C(=O)C(CS)NC(=O)OC(C)(C)C)C(C)(C)C. The first kappa shape index (κ1) is 28.6. The molecule has 0 aliphatic heterocycles. The van der Waals surface area contributed by atoms with E-state index in [1.54, 1.807) is 53.7 Å². The molecule has 2 atom stereocenters. The quantitative estimate of drug-likeness (QED) is 0.462. The zero-order valence-electron chi connectivity index (χ0n) is 21.1. The maximum atomic E-state index is 13.8. The molecule has 8 nitrogen and oxygen atoms in total. The summed E-state index contributed by atoms with van der Waals surface area (Å²) in [4.78, 5) is 41.0. The molecule has 0 spiro atoms. The molecule has 2 unspecified atom stereocenters. The summed E-state index contributed by atoms with van der Waals surface area (Å²) >= 11 is 4.27. The van der Waals surface area contributed by atoms with Crippen molar-refractivity contribution in [1.82, 2.24) is 15.5 Å². The number of hydrogen-bond acceptors (Lipinski definition) is 6. The summed E-state index contributed by atoms with van der Waals surface area (Å²) in [5.41, 5.74) is -1.68. The van der Waals surface area contributed by atoms with E-state index in [-0.39, 0.29) is 11.5 Å². The van der Waals surface area contributed by atoms with Gasteiger partial charge in [0.2, 0.25) is 11.8 Å². The summed E-state index contributed by atoms with van der Waals surface area (Å²) in [6.07, 6.45) is -0.753. The average molecular weight is 482 g/mol. The van der Waals surface area contributed by atoms with Crippen molar-refractivity contribution in [2.24, 2.45) is 0 Å². The first-order valence-corrected chi connectivity index (χ1v) is 11.5. The fourth-order valence-electron chi connectivity index (χ4n) is 3.20. The molecule has 0 bridgehead atoms. The van der Waals surface area contributed by atoms with Gasteiger partial charge in [0, 0.05) is 16.8 Å². The van der Waals surface area contributed by atoms with Crippen LogP contribution in [0.5, 0.6) is 5.75 Å². The van der Waals surface area contributed by atoms with E-state index in [4.69, 9.17) is 4.74 Å². The van der Waals surface area contributed by atoms with Gasteiger partial charge in [-0.2, -0.15) is 12.6 Å². The highest BCUT2D eigenvalue weighted by atomic mass is 32.1. The molecule has 3 amide bonds. The van der Waals surface area contributed by atoms with Gasteiger partial charge in [-0.1, -0.05) is 12.1 Å². The van der Waals surface area contributed by atoms with Crippen LogP contribution in [0.4, 0.5) is 4.79 Å². The van der Waals surface area contributed by atoms with E-state index >= 15 is 0 Å². The number of hydrogen-bond donors (Lipinski definition) is 4. The highest BCUT2D eigenvalue weighted by Crippen LogP contribution is 2.32.